The van der Waals surface area contributed by atoms with E-state index in [1.54, 1.807) is 16.8 Å². The summed E-state index contributed by atoms with van der Waals surface area (Å²) in [6, 6.07) is 13.6. The van der Waals surface area contributed by atoms with Crippen LogP contribution >= 0.6 is 0 Å². The van der Waals surface area contributed by atoms with Crippen LogP contribution in [0.5, 0.6) is 0 Å². The quantitative estimate of drug-likeness (QED) is 0.489. The van der Waals surface area contributed by atoms with Crippen molar-refractivity contribution in [1.29, 1.82) is 0 Å². The Bertz CT molecular complexity index is 1220. The SMILES string of the molecule is Cc1nn(-c2ccccc2)c(NC(=O)N[C@@H]2c3cc(C(N)=O)ccc3C(C)(C)CC2O)c1C. The number of nitrogens with zero attached hydrogens (tertiary/aromatic N) is 2. The van der Waals surface area contributed by atoms with E-state index in [-0.39, 0.29) is 5.41 Å². The molecule has 0 spiro atoms. The van der Waals surface area contributed by atoms with Crippen molar-refractivity contribution in [2.24, 2.45) is 5.73 Å². The number of anilines is 1. The number of aliphatic hydroxyl groups is 1. The molecule has 8 heteroatoms. The maximum Gasteiger partial charge on any atom is 0.320 e. The average molecular weight is 448 g/mol. The highest BCUT2D eigenvalue weighted by Gasteiger charge is 2.39. The molecule has 1 unspecified atom stereocenters. The van der Waals surface area contributed by atoms with Crippen molar-refractivity contribution in [2.75, 3.05) is 5.32 Å². The molecule has 0 aliphatic heterocycles. The molecule has 1 heterocycles. The van der Waals surface area contributed by atoms with E-state index in [0.717, 1.165) is 22.5 Å². The number of nitrogens with one attached hydrogen (secondary N) is 2. The summed E-state index contributed by atoms with van der Waals surface area (Å²) < 4.78 is 1.68. The number of amides is 3. The number of aliphatic hydroxyl groups excluding tert-OH is 1. The molecule has 8 nitrogen and oxygen atoms in total. The second-order valence-corrected chi connectivity index (χ2v) is 9.20. The number of hydrogen-bond acceptors (Lipinski definition) is 4. The van der Waals surface area contributed by atoms with Gasteiger partial charge in [-0.1, -0.05) is 38.1 Å². The van der Waals surface area contributed by atoms with E-state index in [1.165, 1.54) is 0 Å². The molecule has 0 saturated heterocycles. The lowest BCUT2D eigenvalue weighted by molar-refractivity contribution is 0.0879. The van der Waals surface area contributed by atoms with Gasteiger partial charge in [0.2, 0.25) is 5.91 Å². The number of aromatic nitrogens is 2. The summed E-state index contributed by atoms with van der Waals surface area (Å²) in [7, 11) is 0. The molecule has 1 aliphatic carbocycles. The van der Waals surface area contributed by atoms with Gasteiger partial charge in [0.1, 0.15) is 5.82 Å². The van der Waals surface area contributed by atoms with Crippen LogP contribution in [0.15, 0.2) is 48.5 Å². The van der Waals surface area contributed by atoms with Crippen LogP contribution in [0, 0.1) is 13.8 Å². The molecule has 3 aromatic rings. The minimum absolute atomic E-state index is 0.320. The van der Waals surface area contributed by atoms with Crippen LogP contribution in [0.4, 0.5) is 10.6 Å². The highest BCUT2D eigenvalue weighted by Crippen LogP contribution is 2.42. The third kappa shape index (κ3) is 4.21. The van der Waals surface area contributed by atoms with Crippen molar-refractivity contribution in [3.8, 4) is 5.69 Å². The summed E-state index contributed by atoms with van der Waals surface area (Å²) >= 11 is 0. The standard InChI is InChI=1S/C25H29N5O3/c1-14-15(2)29-30(17-8-6-5-7-9-17)23(14)28-24(33)27-21-18-12-16(22(26)32)10-11-19(18)25(3,4)13-20(21)31/h5-12,20-21,31H,13H2,1-4H3,(H2,26,32)(H2,27,28,33)/t20?,21-/m1/s1. The lowest BCUT2D eigenvalue weighted by Crippen LogP contribution is -2.45. The lowest BCUT2D eigenvalue weighted by Gasteiger charge is -2.40. The summed E-state index contributed by atoms with van der Waals surface area (Å²) in [5, 5.41) is 21.3. The van der Waals surface area contributed by atoms with E-state index >= 15 is 0 Å². The Kier molecular flexibility index (Phi) is 5.71. The van der Waals surface area contributed by atoms with Crippen LogP contribution in [0.3, 0.4) is 0 Å². The molecule has 3 amide bonds. The number of nitrogens with two attached hydrogens (primary N) is 1. The predicted octanol–water partition coefficient (Wildman–Crippen LogP) is 3.49. The second kappa shape index (κ2) is 8.37. The molecule has 33 heavy (non-hydrogen) atoms. The van der Waals surface area contributed by atoms with Gasteiger partial charge < -0.3 is 16.2 Å². The number of benzene rings is 2. The first-order valence-corrected chi connectivity index (χ1v) is 10.9. The Hall–Kier alpha value is -3.65. The smallest absolute Gasteiger partial charge is 0.320 e. The maximum absolute atomic E-state index is 13.1. The van der Waals surface area contributed by atoms with Gasteiger partial charge in [-0.05, 0) is 61.1 Å². The van der Waals surface area contributed by atoms with Crippen LogP contribution in [0.25, 0.3) is 5.69 Å². The molecule has 2 atom stereocenters. The van der Waals surface area contributed by atoms with Crippen molar-refractivity contribution >= 4 is 17.8 Å². The van der Waals surface area contributed by atoms with E-state index < -0.39 is 24.1 Å². The third-order valence-corrected chi connectivity index (χ3v) is 6.38. The first-order chi connectivity index (χ1) is 15.6. The zero-order chi connectivity index (χ0) is 23.9. The van der Waals surface area contributed by atoms with E-state index in [9.17, 15) is 14.7 Å². The van der Waals surface area contributed by atoms with Crippen LogP contribution in [0.2, 0.25) is 0 Å². The summed E-state index contributed by atoms with van der Waals surface area (Å²) in [6.45, 7) is 7.83. The number of carbonyl (C=O) groups is 2. The van der Waals surface area contributed by atoms with Gasteiger partial charge in [-0.15, -0.1) is 0 Å². The molecular formula is C25H29N5O3. The molecule has 2 aromatic carbocycles. The minimum atomic E-state index is -0.830. The van der Waals surface area contributed by atoms with E-state index in [2.05, 4.69) is 15.7 Å². The highest BCUT2D eigenvalue weighted by molar-refractivity contribution is 5.93. The van der Waals surface area contributed by atoms with Gasteiger partial charge in [0.05, 0.1) is 23.5 Å². The summed E-state index contributed by atoms with van der Waals surface area (Å²) in [4.78, 5) is 24.9. The van der Waals surface area contributed by atoms with Crippen molar-refractivity contribution in [2.45, 2.75) is 51.7 Å². The van der Waals surface area contributed by atoms with Crippen molar-refractivity contribution in [3.05, 3.63) is 76.5 Å². The first kappa shape index (κ1) is 22.5. The number of rotatable bonds is 4. The van der Waals surface area contributed by atoms with Gasteiger partial charge in [0.25, 0.3) is 0 Å². The Morgan fingerprint density at radius 3 is 2.52 bits per heavy atom. The number of carbonyl (C=O) groups excluding carboxylic acids is 2. The van der Waals surface area contributed by atoms with Crippen molar-refractivity contribution in [3.63, 3.8) is 0 Å². The first-order valence-electron chi connectivity index (χ1n) is 10.9. The molecule has 172 valence electrons. The normalized spacial score (nSPS) is 18.9. The molecule has 0 fully saturated rings. The van der Waals surface area contributed by atoms with E-state index in [4.69, 9.17) is 5.73 Å². The monoisotopic (exact) mass is 447 g/mol. The second-order valence-electron chi connectivity index (χ2n) is 9.20. The van der Waals surface area contributed by atoms with Crippen LogP contribution in [-0.2, 0) is 5.41 Å². The number of fused-ring (bicyclic) bond motifs is 1. The predicted molar refractivity (Wildman–Crippen MR) is 127 cm³/mol. The Labute approximate surface area is 192 Å². The summed E-state index contributed by atoms with van der Waals surface area (Å²) in [6.07, 6.45) is -0.371. The maximum atomic E-state index is 13.1. The Morgan fingerprint density at radius 1 is 1.15 bits per heavy atom. The Balaban J connectivity index is 1.65. The molecule has 5 N–H and O–H groups in total. The average Bonchev–Trinajstić information content (AvgIpc) is 3.05. The minimum Gasteiger partial charge on any atom is -0.391 e. The zero-order valence-corrected chi connectivity index (χ0v) is 19.2. The van der Waals surface area contributed by atoms with Crippen molar-refractivity contribution < 1.29 is 14.7 Å². The van der Waals surface area contributed by atoms with Crippen LogP contribution < -0.4 is 16.4 Å². The van der Waals surface area contributed by atoms with Gasteiger partial charge in [0.15, 0.2) is 0 Å². The number of para-hydroxylation sites is 1. The van der Waals surface area contributed by atoms with E-state index in [0.29, 0.717) is 23.4 Å². The van der Waals surface area contributed by atoms with Crippen molar-refractivity contribution in [1.82, 2.24) is 15.1 Å². The van der Waals surface area contributed by atoms with Gasteiger partial charge in [0, 0.05) is 11.1 Å². The molecule has 4 rings (SSSR count). The number of hydrogen-bond donors (Lipinski definition) is 4. The highest BCUT2D eigenvalue weighted by atomic mass is 16.3. The molecule has 0 bridgehead atoms. The largest absolute Gasteiger partial charge is 0.391 e. The summed E-state index contributed by atoms with van der Waals surface area (Å²) in [5.41, 5.74) is 9.60. The van der Waals surface area contributed by atoms with Gasteiger partial charge in [-0.3, -0.25) is 10.1 Å². The lowest BCUT2D eigenvalue weighted by atomic mass is 9.69. The number of primary amides is 1. The van der Waals surface area contributed by atoms with Gasteiger partial charge in [-0.25, -0.2) is 9.48 Å². The van der Waals surface area contributed by atoms with E-state index in [1.807, 2.05) is 64.1 Å². The van der Waals surface area contributed by atoms with Crippen LogP contribution in [0.1, 0.15) is 59.1 Å². The molecule has 1 aromatic heterocycles. The topological polar surface area (TPSA) is 122 Å². The molecule has 1 aliphatic rings. The number of aryl methyl sites for hydroxylation is 1. The summed E-state index contributed by atoms with van der Waals surface area (Å²) in [5.74, 6) is -0.00956. The fourth-order valence-electron chi connectivity index (χ4n) is 4.51. The molecular weight excluding hydrogens is 418 g/mol. The fourth-order valence-corrected chi connectivity index (χ4v) is 4.51. The Morgan fingerprint density at radius 2 is 1.85 bits per heavy atom. The fraction of sp³-hybridized carbons (Fsp3) is 0.320. The van der Waals surface area contributed by atoms with Crippen LogP contribution in [-0.4, -0.2) is 32.9 Å². The third-order valence-electron chi connectivity index (χ3n) is 6.38. The van der Waals surface area contributed by atoms with Gasteiger partial charge >= 0.3 is 6.03 Å². The molecule has 0 saturated carbocycles. The number of urea groups is 1. The zero-order valence-electron chi connectivity index (χ0n) is 19.2. The van der Waals surface area contributed by atoms with Gasteiger partial charge in [-0.2, -0.15) is 5.10 Å². The molecule has 0 radical (unpaired) electrons.